The molecule has 57 heavy (non-hydrogen) atoms. The van der Waals surface area contributed by atoms with Crippen molar-refractivity contribution in [2.75, 3.05) is 85.3 Å². The van der Waals surface area contributed by atoms with Crippen LogP contribution in [0.5, 0.6) is 0 Å². The summed E-state index contributed by atoms with van der Waals surface area (Å²) in [5.74, 6) is 0. The highest BCUT2D eigenvalue weighted by Crippen LogP contribution is 2.14. The molecule has 9 N–H and O–H groups in total. The Morgan fingerprint density at radius 1 is 0.561 bits per heavy atom. The van der Waals surface area contributed by atoms with E-state index >= 15 is 0 Å². The van der Waals surface area contributed by atoms with Crippen LogP contribution >= 0.6 is 0 Å². The summed E-state index contributed by atoms with van der Waals surface area (Å²) < 4.78 is 21.1. The molecule has 332 valence electrons. The van der Waals surface area contributed by atoms with Crippen LogP contribution in [0.15, 0.2) is 0 Å². The van der Waals surface area contributed by atoms with Crippen LogP contribution in [0.25, 0.3) is 4.85 Å². The van der Waals surface area contributed by atoms with Gasteiger partial charge < -0.3 is 52.1 Å². The summed E-state index contributed by atoms with van der Waals surface area (Å²) in [6.45, 7) is 32.5. The Morgan fingerprint density at radius 2 is 0.965 bits per heavy atom. The number of rotatable bonds is 18. The Labute approximate surface area is 342 Å². The van der Waals surface area contributed by atoms with Crippen molar-refractivity contribution in [3.05, 3.63) is 11.4 Å². The topological polar surface area (TPSA) is 262 Å². The van der Waals surface area contributed by atoms with Gasteiger partial charge in [-0.05, 0) is 109 Å². The van der Waals surface area contributed by atoms with Gasteiger partial charge in [0.25, 0.3) is 6.67 Å². The number of amides is 4. The van der Waals surface area contributed by atoms with Gasteiger partial charge in [-0.3, -0.25) is 14.6 Å². The Kier molecular flexibility index (Phi) is 30.1. The van der Waals surface area contributed by atoms with E-state index < -0.39 is 46.8 Å². The molecule has 0 radical (unpaired) electrons. The quantitative estimate of drug-likeness (QED) is 0.0433. The highest BCUT2D eigenvalue weighted by molar-refractivity contribution is 5.70. The predicted molar refractivity (Wildman–Crippen MR) is 222 cm³/mol. The van der Waals surface area contributed by atoms with E-state index in [0.29, 0.717) is 13.1 Å². The predicted octanol–water partition coefficient (Wildman–Crippen LogP) is 3.86. The smallest absolute Gasteiger partial charge is 0.416 e. The van der Waals surface area contributed by atoms with Crippen LogP contribution in [-0.4, -0.2) is 152 Å². The molecule has 0 unspecified atom stereocenters. The molecule has 19 nitrogen and oxygen atoms in total. The second-order valence-electron chi connectivity index (χ2n) is 16.7. The van der Waals surface area contributed by atoms with Crippen molar-refractivity contribution in [1.82, 2.24) is 24.9 Å². The van der Waals surface area contributed by atoms with Crippen molar-refractivity contribution >= 4 is 24.4 Å². The van der Waals surface area contributed by atoms with Gasteiger partial charge in [0.2, 0.25) is 0 Å². The van der Waals surface area contributed by atoms with Gasteiger partial charge in [0.05, 0.1) is 12.7 Å². The number of hydrogen-bond donors (Lipinski definition) is 5. The number of nitrogens with zero attached hydrogens (tertiary/aromatic N) is 6. The molecule has 0 rings (SSSR count). The summed E-state index contributed by atoms with van der Waals surface area (Å²) in [7, 11) is 0. The molecule has 0 aromatic rings. The second-order valence-corrected chi connectivity index (χ2v) is 16.7. The molecular formula is C38H77N11O8. The first-order valence-electron chi connectivity index (χ1n) is 19.3. The number of carbonyl (C=O) groups is 4. The average molecular weight is 816 g/mol. The van der Waals surface area contributed by atoms with Gasteiger partial charge in [-0.15, -0.1) is 0 Å². The standard InChI is InChI=1S/C16H26N4O4.C15H32N4O4.C7H19N3/c1-15(2,3)23-13(21)19(9-8-17)10-11-20(12-18-7)14(22)24-16(4,5)6;1-14(2,3)22-12(20)18(8-7-16)9-10-19(11-17)13(21)23-15(4,5)6;8-4-2-1-3-6-10-7-5-9/h9-12H2,1-6H3;7-11,16-17H2,1-6H3;10H,1-9H2. The number of carbonyl (C=O) groups excluding carboxylic acids is 4. The number of nitrogens with one attached hydrogen (secondary N) is 1. The van der Waals surface area contributed by atoms with E-state index in [9.17, 15) is 19.2 Å². The van der Waals surface area contributed by atoms with E-state index in [0.717, 1.165) is 32.6 Å². The highest BCUT2D eigenvalue weighted by atomic mass is 16.6. The summed E-state index contributed by atoms with van der Waals surface area (Å²) in [6, 6.07) is 1.89. The second kappa shape index (κ2) is 30.0. The molecule has 0 aliphatic rings. The van der Waals surface area contributed by atoms with Crippen molar-refractivity contribution < 1.29 is 38.1 Å². The minimum Gasteiger partial charge on any atom is -0.444 e. The molecule has 0 heterocycles. The summed E-state index contributed by atoms with van der Waals surface area (Å²) in [6.07, 6.45) is 1.33. The van der Waals surface area contributed by atoms with Gasteiger partial charge in [-0.25, -0.2) is 30.7 Å². The van der Waals surface area contributed by atoms with E-state index in [1.54, 1.807) is 83.1 Å². The van der Waals surface area contributed by atoms with Crippen LogP contribution in [0.3, 0.4) is 0 Å². The van der Waals surface area contributed by atoms with E-state index in [1.807, 2.05) is 6.07 Å². The Bertz CT molecular complexity index is 1160. The molecule has 0 atom stereocenters. The molecule has 0 aliphatic carbocycles. The fraction of sp³-hybridized carbons (Fsp3) is 0.842. The SMILES string of the molecule is CC(C)(C)OC(=O)N(CN)CCN(CCN)C(=O)OC(C)(C)C.NCCCCCNCCN.[C-]#[N+]CN(CCN(CC#N)C(=O)OC(C)(C)C)C(=O)OC(C)(C)C. The van der Waals surface area contributed by atoms with E-state index in [-0.39, 0.29) is 46.1 Å². The first kappa shape index (κ1) is 57.2. The van der Waals surface area contributed by atoms with Crippen LogP contribution in [0.4, 0.5) is 19.2 Å². The van der Waals surface area contributed by atoms with E-state index in [4.69, 9.17) is 53.7 Å². The fourth-order valence-electron chi connectivity index (χ4n) is 3.92. The van der Waals surface area contributed by atoms with Crippen LogP contribution in [0.2, 0.25) is 0 Å². The van der Waals surface area contributed by atoms with Gasteiger partial charge in [0, 0.05) is 52.4 Å². The average Bonchev–Trinajstić information content (AvgIpc) is 3.04. The number of hydrogen-bond acceptors (Lipinski definition) is 14. The van der Waals surface area contributed by atoms with E-state index in [2.05, 4.69) is 10.2 Å². The zero-order valence-corrected chi connectivity index (χ0v) is 37.1. The lowest BCUT2D eigenvalue weighted by atomic mass is 10.2. The summed E-state index contributed by atoms with van der Waals surface area (Å²) in [5.41, 5.74) is 19.2. The lowest BCUT2D eigenvalue weighted by molar-refractivity contribution is 0.0142. The van der Waals surface area contributed by atoms with Crippen molar-refractivity contribution in [1.29, 1.82) is 5.26 Å². The number of nitrogens with two attached hydrogens (primary N) is 4. The number of nitriles is 1. The minimum absolute atomic E-state index is 0.000301. The Hall–Kier alpha value is -4.14. The van der Waals surface area contributed by atoms with Gasteiger partial charge >= 0.3 is 24.4 Å². The molecule has 4 amide bonds. The van der Waals surface area contributed by atoms with Crippen molar-refractivity contribution in [3.63, 3.8) is 0 Å². The maximum atomic E-state index is 12.1. The van der Waals surface area contributed by atoms with Crippen LogP contribution in [-0.2, 0) is 18.9 Å². The van der Waals surface area contributed by atoms with Crippen molar-refractivity contribution in [3.8, 4) is 6.07 Å². The summed E-state index contributed by atoms with van der Waals surface area (Å²) in [5, 5.41) is 12.1. The Balaban J connectivity index is -0.000000829. The molecule has 0 aliphatic heterocycles. The summed E-state index contributed by atoms with van der Waals surface area (Å²) >= 11 is 0. The van der Waals surface area contributed by atoms with Crippen molar-refractivity contribution in [2.45, 2.75) is 125 Å². The number of ether oxygens (including phenoxy) is 4. The first-order chi connectivity index (χ1) is 26.2. The van der Waals surface area contributed by atoms with Gasteiger partial charge in [-0.1, -0.05) is 6.42 Å². The Morgan fingerprint density at radius 3 is 1.35 bits per heavy atom. The first-order valence-corrected chi connectivity index (χ1v) is 19.3. The summed E-state index contributed by atoms with van der Waals surface area (Å²) in [4.78, 5) is 56.7. The maximum Gasteiger partial charge on any atom is 0.416 e. The molecule has 0 saturated carbocycles. The van der Waals surface area contributed by atoms with Crippen LogP contribution in [0.1, 0.15) is 102 Å². The zero-order chi connectivity index (χ0) is 44.9. The molecule has 0 saturated heterocycles. The lowest BCUT2D eigenvalue weighted by Crippen LogP contribution is -2.47. The highest BCUT2D eigenvalue weighted by Gasteiger charge is 2.28. The monoisotopic (exact) mass is 816 g/mol. The van der Waals surface area contributed by atoms with Crippen LogP contribution < -0.4 is 28.3 Å². The molecule has 0 aromatic carbocycles. The normalized spacial score (nSPS) is 11.2. The fourth-order valence-corrected chi connectivity index (χ4v) is 3.92. The zero-order valence-electron chi connectivity index (χ0n) is 37.1. The van der Waals surface area contributed by atoms with Crippen molar-refractivity contribution in [2.24, 2.45) is 22.9 Å². The molecular weight excluding hydrogens is 738 g/mol. The molecule has 0 aromatic heterocycles. The van der Waals surface area contributed by atoms with Crippen LogP contribution in [0, 0.1) is 17.9 Å². The molecule has 19 heteroatoms. The lowest BCUT2D eigenvalue weighted by Gasteiger charge is -2.30. The minimum atomic E-state index is -0.688. The third-order valence-electron chi connectivity index (χ3n) is 6.39. The molecule has 0 spiro atoms. The molecule has 0 fully saturated rings. The van der Waals surface area contributed by atoms with Gasteiger partial charge in [0.1, 0.15) is 28.9 Å². The third-order valence-corrected chi connectivity index (χ3v) is 6.39. The third kappa shape index (κ3) is 36.0. The number of unbranched alkanes of at least 4 members (excludes halogenated alkanes) is 2. The molecule has 0 bridgehead atoms. The maximum absolute atomic E-state index is 12.1. The van der Waals surface area contributed by atoms with E-state index in [1.165, 1.54) is 32.4 Å². The van der Waals surface area contributed by atoms with Gasteiger partial charge in [-0.2, -0.15) is 5.26 Å². The van der Waals surface area contributed by atoms with Gasteiger partial charge in [0.15, 0.2) is 0 Å². The largest absolute Gasteiger partial charge is 0.444 e.